The van der Waals surface area contributed by atoms with Crippen molar-refractivity contribution in [3.63, 3.8) is 0 Å². The Morgan fingerprint density at radius 3 is 2.46 bits per heavy atom. The van der Waals surface area contributed by atoms with Crippen molar-refractivity contribution in [2.75, 3.05) is 19.0 Å². The average Bonchev–Trinajstić information content (AvgIpc) is 3.10. The Bertz CT molecular complexity index is 1870. The second-order valence-corrected chi connectivity index (χ2v) is 9.91. The fraction of sp³-hybridized carbons (Fsp3) is 0.114. The molecule has 1 atom stereocenters. The zero-order chi connectivity index (χ0) is 32.1. The minimum Gasteiger partial charge on any atom is -0.484 e. The number of nitrogens with zero attached hydrogens (tertiary/aromatic N) is 5. The number of ether oxygens (including phenoxy) is 2. The molecule has 5 rings (SSSR count). The predicted octanol–water partition coefficient (Wildman–Crippen LogP) is 6.28. The summed E-state index contributed by atoms with van der Waals surface area (Å²) in [5, 5.41) is 18.9. The van der Waals surface area contributed by atoms with Crippen LogP contribution >= 0.6 is 0 Å². The van der Waals surface area contributed by atoms with Crippen LogP contribution in [0.4, 0.5) is 5.95 Å². The minimum absolute atomic E-state index is 0.00744. The van der Waals surface area contributed by atoms with Crippen LogP contribution < -0.4 is 15.4 Å². The van der Waals surface area contributed by atoms with E-state index >= 15 is 0 Å². The Labute approximate surface area is 266 Å². The van der Waals surface area contributed by atoms with E-state index in [1.165, 1.54) is 0 Å². The molecule has 1 amide bonds. The van der Waals surface area contributed by atoms with Gasteiger partial charge in [-0.25, -0.2) is 15.5 Å². The van der Waals surface area contributed by atoms with Crippen molar-refractivity contribution < 1.29 is 14.3 Å². The maximum Gasteiger partial charge on any atom is 0.264 e. The summed E-state index contributed by atoms with van der Waals surface area (Å²) in [6.07, 6.45) is 1.23. The maximum absolute atomic E-state index is 12.7. The highest BCUT2D eigenvalue weighted by Crippen LogP contribution is 2.25. The van der Waals surface area contributed by atoms with Crippen molar-refractivity contribution in [1.82, 2.24) is 20.3 Å². The molecule has 0 aliphatic carbocycles. The number of carbonyl (C=O) groups excluding carboxylic acids is 1. The Kier molecular flexibility index (Phi) is 10.5. The molecule has 5 aromatic rings. The maximum atomic E-state index is 12.7. The lowest BCUT2D eigenvalue weighted by atomic mass is 10.1. The van der Waals surface area contributed by atoms with Crippen LogP contribution in [-0.2, 0) is 16.1 Å². The first-order valence-electron chi connectivity index (χ1n) is 14.3. The molecule has 0 fully saturated rings. The first-order valence-corrected chi connectivity index (χ1v) is 14.3. The average molecular weight is 611 g/mol. The van der Waals surface area contributed by atoms with Gasteiger partial charge in [-0.2, -0.15) is 10.4 Å². The molecule has 0 spiro atoms. The number of benzene rings is 3. The molecule has 0 bridgehead atoms. The first kappa shape index (κ1) is 31.2. The van der Waals surface area contributed by atoms with E-state index in [4.69, 9.17) is 20.0 Å². The predicted molar refractivity (Wildman–Crippen MR) is 172 cm³/mol. The normalized spacial score (nSPS) is 11.6. The zero-order valence-electron chi connectivity index (χ0n) is 24.9. The van der Waals surface area contributed by atoms with E-state index in [-0.39, 0.29) is 30.1 Å². The van der Waals surface area contributed by atoms with Gasteiger partial charge in [-0.1, -0.05) is 66.7 Å². The molecule has 228 valence electrons. The smallest absolute Gasteiger partial charge is 0.264 e. The number of nitriles is 1. The molecule has 3 N–H and O–H groups in total. The number of para-hydroxylation sites is 1. The molecule has 2 aromatic heterocycles. The molecule has 11 heteroatoms. The SMILES string of the molecule is COC(c1ccccc1)c1cccc(CN/C=C(\N=N)c2cc(-c3cccc(C#N)c3)nc(NC(=O)COc3ccccc3)n2)n1. The third-order valence-electron chi connectivity index (χ3n) is 6.72. The molecule has 11 nitrogen and oxygen atoms in total. The van der Waals surface area contributed by atoms with E-state index in [0.29, 0.717) is 29.1 Å². The largest absolute Gasteiger partial charge is 0.484 e. The van der Waals surface area contributed by atoms with Crippen LogP contribution in [-0.4, -0.2) is 34.6 Å². The summed E-state index contributed by atoms with van der Waals surface area (Å²) < 4.78 is 11.3. The Balaban J connectivity index is 1.37. The number of amides is 1. The number of anilines is 1. The van der Waals surface area contributed by atoms with Gasteiger partial charge in [-0.05, 0) is 48.0 Å². The lowest BCUT2D eigenvalue weighted by Gasteiger charge is -2.16. The summed E-state index contributed by atoms with van der Waals surface area (Å²) in [4.78, 5) is 26.5. The fourth-order valence-electron chi connectivity index (χ4n) is 4.57. The van der Waals surface area contributed by atoms with Gasteiger partial charge in [0.25, 0.3) is 5.91 Å². The molecule has 0 saturated heterocycles. The highest BCUT2D eigenvalue weighted by Gasteiger charge is 2.16. The number of methoxy groups -OCH3 is 1. The molecule has 0 radical (unpaired) electrons. The van der Waals surface area contributed by atoms with E-state index < -0.39 is 5.91 Å². The number of nitrogens with one attached hydrogen (secondary N) is 3. The van der Waals surface area contributed by atoms with Gasteiger partial charge in [-0.3, -0.25) is 15.1 Å². The van der Waals surface area contributed by atoms with Crippen LogP contribution in [0.15, 0.2) is 121 Å². The van der Waals surface area contributed by atoms with Crippen molar-refractivity contribution in [2.24, 2.45) is 5.11 Å². The van der Waals surface area contributed by atoms with Crippen molar-refractivity contribution >= 4 is 17.6 Å². The van der Waals surface area contributed by atoms with Crippen LogP contribution in [0.3, 0.4) is 0 Å². The molecule has 1 unspecified atom stereocenters. The molecule has 0 aliphatic heterocycles. The molecule has 0 aliphatic rings. The van der Waals surface area contributed by atoms with E-state index in [1.807, 2.05) is 66.7 Å². The molecular formula is C35H30N8O3. The highest BCUT2D eigenvalue weighted by atomic mass is 16.5. The van der Waals surface area contributed by atoms with E-state index in [9.17, 15) is 10.1 Å². The van der Waals surface area contributed by atoms with E-state index in [1.54, 1.807) is 55.8 Å². The zero-order valence-corrected chi connectivity index (χ0v) is 24.9. The van der Waals surface area contributed by atoms with Gasteiger partial charge in [-0.15, -0.1) is 0 Å². The quantitative estimate of drug-likeness (QED) is 0.131. The molecule has 2 heterocycles. The Hall–Kier alpha value is -6.25. The van der Waals surface area contributed by atoms with Crippen molar-refractivity contribution in [1.29, 1.82) is 10.8 Å². The van der Waals surface area contributed by atoms with Gasteiger partial charge in [0, 0.05) is 18.9 Å². The second kappa shape index (κ2) is 15.5. The standard InChI is InChI=1S/C35H30N8O3/c1-45-34(25-11-4-2-5-12-25)29-17-9-14-27(39-29)21-38-22-32(43-37)31-19-30(26-13-8-10-24(18-26)20-36)40-35(41-31)42-33(44)23-46-28-15-6-3-7-16-28/h2-19,22,34,37-38H,21,23H2,1H3,(H,40,41,42,44)/b32-22-,43-37?. The number of hydrogen-bond acceptors (Lipinski definition) is 10. The van der Waals surface area contributed by atoms with Gasteiger partial charge >= 0.3 is 0 Å². The number of hydrogen-bond donors (Lipinski definition) is 3. The van der Waals surface area contributed by atoms with Crippen molar-refractivity contribution in [2.45, 2.75) is 12.6 Å². The fourth-order valence-corrected chi connectivity index (χ4v) is 4.57. The topological polar surface area (TPSA) is 158 Å². The Morgan fingerprint density at radius 1 is 0.957 bits per heavy atom. The third-order valence-corrected chi connectivity index (χ3v) is 6.72. The summed E-state index contributed by atoms with van der Waals surface area (Å²) in [5.74, 6) is 0.0652. The van der Waals surface area contributed by atoms with Crippen LogP contribution in [0.2, 0.25) is 0 Å². The molecular weight excluding hydrogens is 580 g/mol. The number of carbonyl (C=O) groups is 1. The van der Waals surface area contributed by atoms with Crippen LogP contribution in [0.1, 0.15) is 34.3 Å². The van der Waals surface area contributed by atoms with Crippen LogP contribution in [0, 0.1) is 16.9 Å². The van der Waals surface area contributed by atoms with Gasteiger partial charge in [0.05, 0.1) is 41.0 Å². The summed E-state index contributed by atoms with van der Waals surface area (Å²) in [6.45, 7) is 0.0743. The van der Waals surface area contributed by atoms with E-state index in [0.717, 1.165) is 17.0 Å². The van der Waals surface area contributed by atoms with Crippen molar-refractivity contribution in [3.05, 3.63) is 144 Å². The van der Waals surface area contributed by atoms with Gasteiger partial charge in [0.15, 0.2) is 6.61 Å². The van der Waals surface area contributed by atoms with E-state index in [2.05, 4.69) is 31.8 Å². The van der Waals surface area contributed by atoms with Crippen LogP contribution in [0.25, 0.3) is 17.0 Å². The summed E-state index contributed by atoms with van der Waals surface area (Å²) >= 11 is 0. The number of pyridine rings is 1. The molecule has 3 aromatic carbocycles. The third kappa shape index (κ3) is 8.22. The van der Waals surface area contributed by atoms with Gasteiger partial charge < -0.3 is 14.8 Å². The van der Waals surface area contributed by atoms with Gasteiger partial charge in [0.1, 0.15) is 17.6 Å². The summed E-state index contributed by atoms with van der Waals surface area (Å²) in [5.41, 5.74) is 12.3. The lowest BCUT2D eigenvalue weighted by molar-refractivity contribution is -0.118. The molecule has 0 saturated carbocycles. The number of aromatic nitrogens is 3. The lowest BCUT2D eigenvalue weighted by Crippen LogP contribution is -2.22. The monoisotopic (exact) mass is 610 g/mol. The molecule has 46 heavy (non-hydrogen) atoms. The minimum atomic E-state index is -0.472. The summed E-state index contributed by atoms with van der Waals surface area (Å²) in [7, 11) is 1.65. The van der Waals surface area contributed by atoms with Crippen molar-refractivity contribution in [3.8, 4) is 23.1 Å². The second-order valence-electron chi connectivity index (χ2n) is 9.91. The summed E-state index contributed by atoms with van der Waals surface area (Å²) in [6, 6.07) is 35.2. The Morgan fingerprint density at radius 2 is 1.72 bits per heavy atom. The number of rotatable bonds is 13. The van der Waals surface area contributed by atoms with Crippen LogP contribution in [0.5, 0.6) is 5.75 Å². The highest BCUT2D eigenvalue weighted by molar-refractivity contribution is 5.90. The van der Waals surface area contributed by atoms with Gasteiger partial charge in [0.2, 0.25) is 5.95 Å². The first-order chi connectivity index (χ1) is 22.6.